The predicted molar refractivity (Wildman–Crippen MR) is 67.5 cm³/mol. The summed E-state index contributed by atoms with van der Waals surface area (Å²) in [5.41, 5.74) is 0.657. The van der Waals surface area contributed by atoms with Crippen LogP contribution in [0.4, 0.5) is 11.4 Å². The van der Waals surface area contributed by atoms with Gasteiger partial charge >= 0.3 is 0 Å². The molecule has 5 nitrogen and oxygen atoms in total. The van der Waals surface area contributed by atoms with Gasteiger partial charge in [-0.3, -0.25) is 10.1 Å². The zero-order valence-corrected chi connectivity index (χ0v) is 9.97. The first-order valence-electron chi connectivity index (χ1n) is 5.38. The molecular weight excluding hydrogens is 220 g/mol. The monoisotopic (exact) mass is 236 g/mol. The molecule has 1 unspecified atom stereocenters. The largest absolute Gasteiger partial charge is 0.494 e. The Balaban J connectivity index is 3.02. The Kier molecular flexibility index (Phi) is 4.51. The Labute approximate surface area is 100 Å². The van der Waals surface area contributed by atoms with Crippen LogP contribution in [-0.2, 0) is 0 Å². The summed E-state index contributed by atoms with van der Waals surface area (Å²) in [6, 6.07) is 4.65. The second kappa shape index (κ2) is 5.89. The molecular formula is C12H16N2O3. The molecule has 0 aliphatic rings. The number of hydrogen-bond donors (Lipinski definition) is 1. The van der Waals surface area contributed by atoms with Gasteiger partial charge in [0.2, 0.25) is 0 Å². The molecule has 0 bridgehead atoms. The van der Waals surface area contributed by atoms with Crippen LogP contribution in [0.1, 0.15) is 13.8 Å². The first-order chi connectivity index (χ1) is 8.06. The molecule has 1 atom stereocenters. The highest BCUT2D eigenvalue weighted by Crippen LogP contribution is 2.26. The van der Waals surface area contributed by atoms with E-state index in [1.165, 1.54) is 12.1 Å². The number of nitro groups is 1. The van der Waals surface area contributed by atoms with E-state index < -0.39 is 4.92 Å². The van der Waals surface area contributed by atoms with Crippen molar-refractivity contribution < 1.29 is 9.66 Å². The molecule has 1 aromatic carbocycles. The molecule has 0 heterocycles. The summed E-state index contributed by atoms with van der Waals surface area (Å²) in [6.45, 7) is 7.86. The summed E-state index contributed by atoms with van der Waals surface area (Å²) in [7, 11) is 0. The van der Waals surface area contributed by atoms with Crippen molar-refractivity contribution in [3.8, 4) is 5.75 Å². The normalized spacial score (nSPS) is 11.6. The third-order valence-electron chi connectivity index (χ3n) is 2.16. The van der Waals surface area contributed by atoms with Crippen molar-refractivity contribution in [3.63, 3.8) is 0 Å². The van der Waals surface area contributed by atoms with Crippen LogP contribution in [-0.4, -0.2) is 17.6 Å². The molecule has 0 radical (unpaired) electrons. The predicted octanol–water partition coefficient (Wildman–Crippen LogP) is 2.98. The first-order valence-corrected chi connectivity index (χ1v) is 5.38. The molecule has 0 fully saturated rings. The molecule has 0 saturated carbocycles. The van der Waals surface area contributed by atoms with Gasteiger partial charge in [-0.25, -0.2) is 0 Å². The van der Waals surface area contributed by atoms with Crippen molar-refractivity contribution in [2.45, 2.75) is 19.9 Å². The summed E-state index contributed by atoms with van der Waals surface area (Å²) >= 11 is 0. The van der Waals surface area contributed by atoms with Crippen LogP contribution in [0.15, 0.2) is 30.9 Å². The van der Waals surface area contributed by atoms with Crippen LogP contribution in [0.25, 0.3) is 0 Å². The van der Waals surface area contributed by atoms with Gasteiger partial charge in [0, 0.05) is 23.9 Å². The fourth-order valence-electron chi connectivity index (χ4n) is 1.34. The fourth-order valence-corrected chi connectivity index (χ4v) is 1.34. The second-order valence-electron chi connectivity index (χ2n) is 3.57. The second-order valence-corrected chi connectivity index (χ2v) is 3.57. The number of hydrogen-bond acceptors (Lipinski definition) is 4. The van der Waals surface area contributed by atoms with Crippen molar-refractivity contribution in [2.24, 2.45) is 0 Å². The Hall–Kier alpha value is -2.04. The Morgan fingerprint density at radius 2 is 2.29 bits per heavy atom. The van der Waals surface area contributed by atoms with E-state index in [0.717, 1.165) is 0 Å². The molecule has 0 spiro atoms. The minimum absolute atomic E-state index is 0.00899. The molecule has 0 aromatic heterocycles. The number of nitro benzene ring substituents is 1. The molecule has 0 saturated heterocycles. The molecule has 1 N–H and O–H groups in total. The number of ether oxygens (including phenoxy) is 1. The maximum Gasteiger partial charge on any atom is 0.275 e. The van der Waals surface area contributed by atoms with Crippen LogP contribution in [0.5, 0.6) is 5.75 Å². The lowest BCUT2D eigenvalue weighted by atomic mass is 10.2. The molecule has 5 heteroatoms. The van der Waals surface area contributed by atoms with Crippen molar-refractivity contribution in [1.29, 1.82) is 0 Å². The molecule has 1 aromatic rings. The van der Waals surface area contributed by atoms with Crippen LogP contribution in [0, 0.1) is 10.1 Å². The van der Waals surface area contributed by atoms with Gasteiger partial charge in [0.05, 0.1) is 17.6 Å². The van der Waals surface area contributed by atoms with Crippen molar-refractivity contribution in [3.05, 3.63) is 41.0 Å². The van der Waals surface area contributed by atoms with Crippen molar-refractivity contribution in [2.75, 3.05) is 11.9 Å². The highest BCUT2D eigenvalue weighted by Gasteiger charge is 2.11. The van der Waals surface area contributed by atoms with E-state index in [0.29, 0.717) is 18.0 Å². The number of nitrogens with zero attached hydrogens (tertiary/aromatic N) is 1. The Morgan fingerprint density at radius 3 is 2.82 bits per heavy atom. The van der Waals surface area contributed by atoms with Crippen LogP contribution >= 0.6 is 0 Å². The van der Waals surface area contributed by atoms with Gasteiger partial charge in [0.25, 0.3) is 5.69 Å². The van der Waals surface area contributed by atoms with E-state index in [-0.39, 0.29) is 11.7 Å². The van der Waals surface area contributed by atoms with Gasteiger partial charge in [-0.2, -0.15) is 0 Å². The first kappa shape index (κ1) is 13.0. The molecule has 0 aliphatic heterocycles. The summed E-state index contributed by atoms with van der Waals surface area (Å²) in [5, 5.41) is 13.9. The standard InChI is InChI=1S/C12H16N2O3/c1-4-9(3)13-10-6-11(14(15)16)8-12(7-10)17-5-2/h4,6-9,13H,1,5H2,2-3H3. The zero-order chi connectivity index (χ0) is 12.8. The fraction of sp³-hybridized carbons (Fsp3) is 0.333. The lowest BCUT2D eigenvalue weighted by Gasteiger charge is -2.12. The number of benzene rings is 1. The Morgan fingerprint density at radius 1 is 1.59 bits per heavy atom. The minimum Gasteiger partial charge on any atom is -0.494 e. The SMILES string of the molecule is C=CC(C)Nc1cc(OCC)cc([N+](=O)[O-])c1. The number of nitrogens with one attached hydrogen (secondary N) is 1. The molecule has 92 valence electrons. The number of anilines is 1. The third-order valence-corrected chi connectivity index (χ3v) is 2.16. The average molecular weight is 236 g/mol. The summed E-state index contributed by atoms with van der Waals surface area (Å²) in [5.74, 6) is 0.487. The summed E-state index contributed by atoms with van der Waals surface area (Å²) in [4.78, 5) is 10.3. The van der Waals surface area contributed by atoms with E-state index in [4.69, 9.17) is 4.74 Å². The molecule has 17 heavy (non-hydrogen) atoms. The molecule has 0 amide bonds. The highest BCUT2D eigenvalue weighted by molar-refractivity contribution is 5.57. The number of rotatable bonds is 6. The van der Waals surface area contributed by atoms with Crippen LogP contribution < -0.4 is 10.1 Å². The summed E-state index contributed by atoms with van der Waals surface area (Å²) < 4.78 is 5.28. The van der Waals surface area contributed by atoms with Gasteiger partial charge in [-0.05, 0) is 13.8 Å². The average Bonchev–Trinajstić information content (AvgIpc) is 2.29. The Bertz CT molecular complexity index is 418. The van der Waals surface area contributed by atoms with Gasteiger partial charge in [0.15, 0.2) is 0 Å². The molecule has 1 rings (SSSR count). The van der Waals surface area contributed by atoms with E-state index in [1.54, 1.807) is 12.1 Å². The molecule has 0 aliphatic carbocycles. The number of non-ortho nitro benzene ring substituents is 1. The topological polar surface area (TPSA) is 64.4 Å². The van der Waals surface area contributed by atoms with E-state index in [9.17, 15) is 10.1 Å². The lowest BCUT2D eigenvalue weighted by molar-refractivity contribution is -0.384. The van der Waals surface area contributed by atoms with Gasteiger partial charge in [0.1, 0.15) is 5.75 Å². The smallest absolute Gasteiger partial charge is 0.275 e. The van der Waals surface area contributed by atoms with Gasteiger partial charge < -0.3 is 10.1 Å². The van der Waals surface area contributed by atoms with E-state index in [2.05, 4.69) is 11.9 Å². The third kappa shape index (κ3) is 3.79. The van der Waals surface area contributed by atoms with Crippen LogP contribution in [0.2, 0.25) is 0 Å². The lowest BCUT2D eigenvalue weighted by Crippen LogP contribution is -2.11. The highest BCUT2D eigenvalue weighted by atomic mass is 16.6. The van der Waals surface area contributed by atoms with Gasteiger partial charge in [-0.15, -0.1) is 6.58 Å². The quantitative estimate of drug-likeness (QED) is 0.468. The van der Waals surface area contributed by atoms with E-state index >= 15 is 0 Å². The maximum absolute atomic E-state index is 10.8. The van der Waals surface area contributed by atoms with Crippen molar-refractivity contribution >= 4 is 11.4 Å². The van der Waals surface area contributed by atoms with Gasteiger partial charge in [-0.1, -0.05) is 6.08 Å². The zero-order valence-electron chi connectivity index (χ0n) is 9.97. The minimum atomic E-state index is -0.438. The van der Waals surface area contributed by atoms with E-state index in [1.807, 2.05) is 13.8 Å². The maximum atomic E-state index is 10.8. The van der Waals surface area contributed by atoms with Crippen molar-refractivity contribution in [1.82, 2.24) is 0 Å². The summed E-state index contributed by atoms with van der Waals surface area (Å²) in [6.07, 6.45) is 1.72. The van der Waals surface area contributed by atoms with Crippen LogP contribution in [0.3, 0.4) is 0 Å².